The van der Waals surface area contributed by atoms with Gasteiger partial charge in [0.2, 0.25) is 21.8 Å². The lowest BCUT2D eigenvalue weighted by Gasteiger charge is -2.34. The zero-order valence-corrected chi connectivity index (χ0v) is 18.1. The van der Waals surface area contributed by atoms with Crippen molar-refractivity contribution in [3.8, 4) is 0 Å². The summed E-state index contributed by atoms with van der Waals surface area (Å²) in [5, 5.41) is 2.49. The third kappa shape index (κ3) is 5.09. The highest BCUT2D eigenvalue weighted by Crippen LogP contribution is 2.26. The van der Waals surface area contributed by atoms with Crippen molar-refractivity contribution in [1.82, 2.24) is 19.4 Å². The molecule has 0 bridgehead atoms. The molecule has 1 N–H and O–H groups in total. The highest BCUT2D eigenvalue weighted by Gasteiger charge is 2.31. The standard InChI is InChI=1S/C19H30N4O4S/c1-14-10-15(2)19(16(3)11-14)28(26,27)23-8-6-22(7-9-23)13-18(25)21(5)12-17(24)20-4/h10-11H,6-9,12-13H2,1-5H3,(H,20,24). The Labute approximate surface area is 167 Å². The molecule has 0 radical (unpaired) electrons. The normalized spacial score (nSPS) is 16.0. The van der Waals surface area contributed by atoms with Crippen molar-refractivity contribution in [3.05, 3.63) is 28.8 Å². The number of rotatable bonds is 6. The minimum absolute atomic E-state index is 0.00958. The Bertz CT molecular complexity index is 822. The first-order valence-corrected chi connectivity index (χ1v) is 10.7. The number of piperazine rings is 1. The van der Waals surface area contributed by atoms with Gasteiger partial charge in [0, 0.05) is 40.3 Å². The Morgan fingerprint density at radius 1 is 1.07 bits per heavy atom. The first-order valence-electron chi connectivity index (χ1n) is 9.31. The van der Waals surface area contributed by atoms with Gasteiger partial charge in [0.25, 0.3) is 0 Å². The molecule has 0 unspecified atom stereocenters. The van der Waals surface area contributed by atoms with E-state index in [0.29, 0.717) is 31.1 Å². The number of amides is 2. The van der Waals surface area contributed by atoms with Gasteiger partial charge in [-0.15, -0.1) is 0 Å². The smallest absolute Gasteiger partial charge is 0.243 e. The molecule has 1 aromatic carbocycles. The van der Waals surface area contributed by atoms with Gasteiger partial charge in [0.1, 0.15) is 0 Å². The van der Waals surface area contributed by atoms with Gasteiger partial charge in [0.15, 0.2) is 0 Å². The number of carbonyl (C=O) groups is 2. The quantitative estimate of drug-likeness (QED) is 0.720. The zero-order valence-electron chi connectivity index (χ0n) is 17.3. The van der Waals surface area contributed by atoms with Crippen molar-refractivity contribution in [2.75, 3.05) is 53.4 Å². The second-order valence-corrected chi connectivity index (χ2v) is 9.21. The summed E-state index contributed by atoms with van der Waals surface area (Å²) in [5.41, 5.74) is 2.55. The Kier molecular flexibility index (Phi) is 7.19. The highest BCUT2D eigenvalue weighted by molar-refractivity contribution is 7.89. The van der Waals surface area contributed by atoms with Gasteiger partial charge in [-0.3, -0.25) is 14.5 Å². The molecule has 1 heterocycles. The lowest BCUT2D eigenvalue weighted by atomic mass is 10.1. The predicted octanol–water partition coefficient (Wildman–Crippen LogP) is 0.123. The Morgan fingerprint density at radius 3 is 2.11 bits per heavy atom. The van der Waals surface area contributed by atoms with E-state index in [9.17, 15) is 18.0 Å². The van der Waals surface area contributed by atoms with Crippen LogP contribution >= 0.6 is 0 Å². The van der Waals surface area contributed by atoms with Crippen molar-refractivity contribution in [1.29, 1.82) is 0 Å². The summed E-state index contributed by atoms with van der Waals surface area (Å²) < 4.78 is 27.7. The maximum atomic E-state index is 13.1. The van der Waals surface area contributed by atoms with Crippen molar-refractivity contribution in [2.24, 2.45) is 0 Å². The zero-order chi connectivity index (χ0) is 21.1. The van der Waals surface area contributed by atoms with Gasteiger partial charge < -0.3 is 10.2 Å². The molecule has 1 saturated heterocycles. The summed E-state index contributed by atoms with van der Waals surface area (Å²) in [6, 6.07) is 3.77. The van der Waals surface area contributed by atoms with E-state index in [0.717, 1.165) is 16.7 Å². The maximum Gasteiger partial charge on any atom is 0.243 e. The summed E-state index contributed by atoms with van der Waals surface area (Å²) in [6.07, 6.45) is 0. The fourth-order valence-corrected chi connectivity index (χ4v) is 5.36. The fourth-order valence-electron chi connectivity index (χ4n) is 3.53. The summed E-state index contributed by atoms with van der Waals surface area (Å²) in [7, 11) is -0.459. The van der Waals surface area contributed by atoms with Gasteiger partial charge >= 0.3 is 0 Å². The van der Waals surface area contributed by atoms with E-state index in [-0.39, 0.29) is 24.9 Å². The molecule has 2 rings (SSSR count). The molecular weight excluding hydrogens is 380 g/mol. The molecule has 0 atom stereocenters. The number of hydrogen-bond donors (Lipinski definition) is 1. The number of likely N-dealkylation sites (N-methyl/N-ethyl adjacent to an activating group) is 2. The number of sulfonamides is 1. The molecule has 8 nitrogen and oxygen atoms in total. The van der Waals surface area contributed by atoms with Crippen LogP contribution in [0, 0.1) is 20.8 Å². The van der Waals surface area contributed by atoms with Crippen molar-refractivity contribution < 1.29 is 18.0 Å². The van der Waals surface area contributed by atoms with E-state index < -0.39 is 10.0 Å². The van der Waals surface area contributed by atoms with Gasteiger partial charge in [0.05, 0.1) is 18.0 Å². The maximum absolute atomic E-state index is 13.1. The summed E-state index contributed by atoms with van der Waals surface area (Å²) in [4.78, 5) is 27.3. The van der Waals surface area contributed by atoms with Crippen molar-refractivity contribution >= 4 is 21.8 Å². The van der Waals surface area contributed by atoms with Gasteiger partial charge in [-0.05, 0) is 31.9 Å². The molecule has 1 aromatic rings. The molecule has 1 aliphatic heterocycles. The van der Waals surface area contributed by atoms with Crippen LogP contribution < -0.4 is 5.32 Å². The average molecular weight is 411 g/mol. The summed E-state index contributed by atoms with van der Waals surface area (Å²) in [5.74, 6) is -0.388. The molecule has 1 fully saturated rings. The molecule has 28 heavy (non-hydrogen) atoms. The molecule has 0 saturated carbocycles. The SMILES string of the molecule is CNC(=O)CN(C)C(=O)CN1CCN(S(=O)(=O)c2c(C)cc(C)cc2C)CC1. The van der Waals surface area contributed by atoms with E-state index in [1.807, 2.05) is 37.8 Å². The Hall–Kier alpha value is -1.97. The van der Waals surface area contributed by atoms with Crippen molar-refractivity contribution in [2.45, 2.75) is 25.7 Å². The van der Waals surface area contributed by atoms with E-state index in [1.165, 1.54) is 16.3 Å². The number of nitrogens with zero attached hydrogens (tertiary/aromatic N) is 3. The van der Waals surface area contributed by atoms with E-state index in [2.05, 4.69) is 5.32 Å². The molecule has 1 aliphatic rings. The molecule has 2 amide bonds. The molecular formula is C19H30N4O4S. The lowest BCUT2D eigenvalue weighted by molar-refractivity contribution is -0.135. The van der Waals surface area contributed by atoms with Crippen LogP contribution in [0.2, 0.25) is 0 Å². The van der Waals surface area contributed by atoms with E-state index in [1.54, 1.807) is 7.05 Å². The van der Waals surface area contributed by atoms with Gasteiger partial charge in [-0.25, -0.2) is 8.42 Å². The van der Waals surface area contributed by atoms with Gasteiger partial charge in [-0.1, -0.05) is 17.7 Å². The molecule has 9 heteroatoms. The molecule has 0 aliphatic carbocycles. The molecule has 156 valence electrons. The van der Waals surface area contributed by atoms with Crippen LogP contribution in [0.1, 0.15) is 16.7 Å². The number of hydrogen-bond acceptors (Lipinski definition) is 5. The minimum Gasteiger partial charge on any atom is -0.358 e. The van der Waals surface area contributed by atoms with Crippen LogP contribution in [0.25, 0.3) is 0 Å². The number of aryl methyl sites for hydroxylation is 3. The minimum atomic E-state index is -3.57. The van der Waals surface area contributed by atoms with Crippen LogP contribution in [-0.4, -0.2) is 87.7 Å². The number of nitrogens with one attached hydrogen (secondary N) is 1. The second kappa shape index (κ2) is 9.02. The van der Waals surface area contributed by atoms with Gasteiger partial charge in [-0.2, -0.15) is 4.31 Å². The Balaban J connectivity index is 2.00. The highest BCUT2D eigenvalue weighted by atomic mass is 32.2. The first-order chi connectivity index (χ1) is 13.1. The predicted molar refractivity (Wildman–Crippen MR) is 108 cm³/mol. The van der Waals surface area contributed by atoms with E-state index >= 15 is 0 Å². The fraction of sp³-hybridized carbons (Fsp3) is 0.579. The number of carbonyl (C=O) groups excluding carboxylic acids is 2. The van der Waals surface area contributed by atoms with Crippen LogP contribution in [0.3, 0.4) is 0 Å². The largest absolute Gasteiger partial charge is 0.358 e. The third-order valence-electron chi connectivity index (χ3n) is 4.98. The second-order valence-electron chi connectivity index (χ2n) is 7.33. The van der Waals surface area contributed by atoms with E-state index in [4.69, 9.17) is 0 Å². The van der Waals surface area contributed by atoms with Crippen LogP contribution in [-0.2, 0) is 19.6 Å². The van der Waals surface area contributed by atoms with Crippen LogP contribution in [0.15, 0.2) is 17.0 Å². The summed E-state index contributed by atoms with van der Waals surface area (Å²) >= 11 is 0. The topological polar surface area (TPSA) is 90.0 Å². The Morgan fingerprint density at radius 2 is 1.61 bits per heavy atom. The monoisotopic (exact) mass is 410 g/mol. The third-order valence-corrected chi connectivity index (χ3v) is 7.18. The van der Waals surface area contributed by atoms with Crippen LogP contribution in [0.4, 0.5) is 0 Å². The molecule has 0 spiro atoms. The first kappa shape index (κ1) is 22.3. The average Bonchev–Trinajstić information content (AvgIpc) is 2.60. The van der Waals surface area contributed by atoms with Crippen molar-refractivity contribution in [3.63, 3.8) is 0 Å². The number of benzene rings is 1. The molecule has 0 aromatic heterocycles. The lowest BCUT2D eigenvalue weighted by Crippen LogP contribution is -2.51. The van der Waals surface area contributed by atoms with Crippen LogP contribution in [0.5, 0.6) is 0 Å². The summed E-state index contributed by atoms with van der Waals surface area (Å²) in [6.45, 7) is 7.40.